The molecule has 17 heavy (non-hydrogen) atoms. The molecule has 1 unspecified atom stereocenters. The summed E-state index contributed by atoms with van der Waals surface area (Å²) in [6.45, 7) is 2.50. The van der Waals surface area contributed by atoms with Crippen molar-refractivity contribution < 1.29 is 8.42 Å². The Morgan fingerprint density at radius 3 is 2.47 bits per heavy atom. The van der Waals surface area contributed by atoms with Crippen LogP contribution in [-0.2, 0) is 10.0 Å². The first-order valence-electron chi connectivity index (χ1n) is 5.20. The summed E-state index contributed by atoms with van der Waals surface area (Å²) in [5.74, 6) is 1.28. The van der Waals surface area contributed by atoms with Gasteiger partial charge in [0.05, 0.1) is 4.90 Å². The van der Waals surface area contributed by atoms with Gasteiger partial charge in [-0.25, -0.2) is 13.1 Å². The van der Waals surface area contributed by atoms with E-state index in [1.54, 1.807) is 36.0 Å². The van der Waals surface area contributed by atoms with E-state index >= 15 is 0 Å². The van der Waals surface area contributed by atoms with Crippen LogP contribution in [0.1, 0.15) is 6.92 Å². The normalized spacial score (nSPS) is 13.6. The van der Waals surface area contributed by atoms with Crippen LogP contribution in [0.4, 0.5) is 0 Å². The lowest BCUT2D eigenvalue weighted by Gasteiger charge is -2.11. The fourth-order valence-electron chi connectivity index (χ4n) is 1.29. The number of sulfonamides is 1. The number of thioether (sulfide) groups is 1. The van der Waals surface area contributed by atoms with Crippen LogP contribution >= 0.6 is 27.7 Å². The second-order valence-electron chi connectivity index (χ2n) is 3.87. The fraction of sp³-hybridized carbons (Fsp3) is 0.455. The summed E-state index contributed by atoms with van der Waals surface area (Å²) < 4.78 is 27.3. The van der Waals surface area contributed by atoms with Gasteiger partial charge >= 0.3 is 0 Å². The van der Waals surface area contributed by atoms with Crippen molar-refractivity contribution >= 4 is 37.7 Å². The van der Waals surface area contributed by atoms with E-state index < -0.39 is 10.0 Å². The van der Waals surface area contributed by atoms with Crippen LogP contribution < -0.4 is 4.72 Å². The molecule has 0 aromatic heterocycles. The lowest BCUT2D eigenvalue weighted by molar-refractivity contribution is 0.562. The Kier molecular flexibility index (Phi) is 5.99. The highest BCUT2D eigenvalue weighted by Crippen LogP contribution is 2.14. The minimum absolute atomic E-state index is 0.303. The predicted octanol–water partition coefficient (Wildman–Crippen LogP) is 2.73. The van der Waals surface area contributed by atoms with Gasteiger partial charge in [-0.05, 0) is 42.2 Å². The molecule has 3 nitrogen and oxygen atoms in total. The third kappa shape index (κ3) is 4.99. The van der Waals surface area contributed by atoms with E-state index in [-0.39, 0.29) is 0 Å². The first kappa shape index (κ1) is 15.0. The van der Waals surface area contributed by atoms with Gasteiger partial charge in [0, 0.05) is 11.0 Å². The molecule has 0 aliphatic carbocycles. The Bertz CT molecular complexity index is 445. The lowest BCUT2D eigenvalue weighted by Crippen LogP contribution is -2.29. The molecule has 0 saturated carbocycles. The molecule has 1 N–H and O–H groups in total. The van der Waals surface area contributed by atoms with Crippen molar-refractivity contribution in [2.24, 2.45) is 5.92 Å². The molecule has 1 atom stereocenters. The highest BCUT2D eigenvalue weighted by atomic mass is 79.9. The van der Waals surface area contributed by atoms with E-state index in [9.17, 15) is 8.42 Å². The molecule has 0 radical (unpaired) electrons. The Labute approximate surface area is 116 Å². The summed E-state index contributed by atoms with van der Waals surface area (Å²) in [5, 5.41) is 0. The highest BCUT2D eigenvalue weighted by Gasteiger charge is 2.14. The quantitative estimate of drug-likeness (QED) is 0.868. The molecule has 0 aliphatic rings. The molecule has 0 fully saturated rings. The van der Waals surface area contributed by atoms with E-state index in [4.69, 9.17) is 0 Å². The Morgan fingerprint density at radius 2 is 1.94 bits per heavy atom. The van der Waals surface area contributed by atoms with Crippen LogP contribution in [0.5, 0.6) is 0 Å². The second kappa shape index (κ2) is 6.78. The van der Waals surface area contributed by atoms with E-state index in [0.29, 0.717) is 17.4 Å². The minimum Gasteiger partial charge on any atom is -0.211 e. The predicted molar refractivity (Wildman–Crippen MR) is 76.9 cm³/mol. The Hall–Kier alpha value is -0.0400. The molecule has 0 heterocycles. The zero-order chi connectivity index (χ0) is 12.9. The SMILES string of the molecule is CSCC(C)CNS(=O)(=O)c1ccc(Br)cc1. The first-order valence-corrected chi connectivity index (χ1v) is 8.87. The molecule has 0 bridgehead atoms. The molecule has 0 spiro atoms. The zero-order valence-electron chi connectivity index (χ0n) is 9.81. The van der Waals surface area contributed by atoms with Crippen molar-refractivity contribution in [2.45, 2.75) is 11.8 Å². The monoisotopic (exact) mass is 337 g/mol. The summed E-state index contributed by atoms with van der Waals surface area (Å²) >= 11 is 4.99. The third-order valence-electron chi connectivity index (χ3n) is 2.20. The molecule has 1 rings (SSSR count). The van der Waals surface area contributed by atoms with Crippen LogP contribution in [-0.4, -0.2) is 27.0 Å². The number of halogens is 1. The molecular weight excluding hydrogens is 322 g/mol. The largest absolute Gasteiger partial charge is 0.240 e. The number of hydrogen-bond acceptors (Lipinski definition) is 3. The van der Waals surface area contributed by atoms with Crippen molar-refractivity contribution in [1.82, 2.24) is 4.72 Å². The maximum atomic E-state index is 11.9. The average Bonchev–Trinajstić information content (AvgIpc) is 2.28. The summed E-state index contributed by atoms with van der Waals surface area (Å²) in [6.07, 6.45) is 2.01. The number of hydrogen-bond donors (Lipinski definition) is 1. The molecule has 0 saturated heterocycles. The number of benzene rings is 1. The van der Waals surface area contributed by atoms with Crippen LogP contribution in [0.25, 0.3) is 0 Å². The molecule has 6 heteroatoms. The van der Waals surface area contributed by atoms with Gasteiger partial charge in [0.2, 0.25) is 10.0 Å². The summed E-state index contributed by atoms with van der Waals surface area (Å²) in [5.41, 5.74) is 0. The standard InChI is InChI=1S/C11H16BrNO2S2/c1-9(8-16-2)7-13-17(14,15)11-5-3-10(12)4-6-11/h3-6,9,13H,7-8H2,1-2H3. The van der Waals surface area contributed by atoms with Gasteiger partial charge in [0.15, 0.2) is 0 Å². The van der Waals surface area contributed by atoms with Crippen molar-refractivity contribution in [3.05, 3.63) is 28.7 Å². The van der Waals surface area contributed by atoms with Gasteiger partial charge in [-0.2, -0.15) is 11.8 Å². The average molecular weight is 338 g/mol. The van der Waals surface area contributed by atoms with Crippen LogP contribution in [0.15, 0.2) is 33.6 Å². The molecular formula is C11H16BrNO2S2. The summed E-state index contributed by atoms with van der Waals surface area (Å²) in [7, 11) is -3.37. The third-order valence-corrected chi connectivity index (χ3v) is 5.07. The van der Waals surface area contributed by atoms with Gasteiger partial charge in [0.1, 0.15) is 0 Å². The highest BCUT2D eigenvalue weighted by molar-refractivity contribution is 9.10. The van der Waals surface area contributed by atoms with Gasteiger partial charge in [-0.15, -0.1) is 0 Å². The summed E-state index contributed by atoms with van der Waals surface area (Å²) in [6, 6.07) is 6.62. The van der Waals surface area contributed by atoms with Gasteiger partial charge in [-0.1, -0.05) is 22.9 Å². The van der Waals surface area contributed by atoms with Gasteiger partial charge < -0.3 is 0 Å². The smallest absolute Gasteiger partial charge is 0.211 e. The topological polar surface area (TPSA) is 46.2 Å². The van der Waals surface area contributed by atoms with Gasteiger partial charge in [0.25, 0.3) is 0 Å². The van der Waals surface area contributed by atoms with E-state index in [0.717, 1.165) is 10.2 Å². The fourth-order valence-corrected chi connectivity index (χ4v) is 3.41. The summed E-state index contributed by atoms with van der Waals surface area (Å²) in [4.78, 5) is 0.303. The zero-order valence-corrected chi connectivity index (χ0v) is 13.0. The molecule has 0 aliphatic heterocycles. The van der Waals surface area contributed by atoms with Crippen molar-refractivity contribution in [3.8, 4) is 0 Å². The maximum absolute atomic E-state index is 11.9. The van der Waals surface area contributed by atoms with E-state index in [2.05, 4.69) is 20.7 Å². The van der Waals surface area contributed by atoms with Crippen LogP contribution in [0, 0.1) is 5.92 Å². The Balaban J connectivity index is 2.66. The molecule has 0 amide bonds. The van der Waals surface area contributed by atoms with Crippen LogP contribution in [0.2, 0.25) is 0 Å². The number of nitrogens with one attached hydrogen (secondary N) is 1. The van der Waals surface area contributed by atoms with Gasteiger partial charge in [-0.3, -0.25) is 0 Å². The maximum Gasteiger partial charge on any atom is 0.240 e. The second-order valence-corrected chi connectivity index (χ2v) is 7.46. The molecule has 1 aromatic rings. The van der Waals surface area contributed by atoms with E-state index in [1.807, 2.05) is 13.2 Å². The van der Waals surface area contributed by atoms with Crippen LogP contribution in [0.3, 0.4) is 0 Å². The minimum atomic E-state index is -3.37. The van der Waals surface area contributed by atoms with Crippen molar-refractivity contribution in [2.75, 3.05) is 18.6 Å². The number of rotatable bonds is 6. The van der Waals surface area contributed by atoms with Crippen molar-refractivity contribution in [3.63, 3.8) is 0 Å². The Morgan fingerprint density at radius 1 is 1.35 bits per heavy atom. The first-order chi connectivity index (χ1) is 7.95. The molecule has 1 aromatic carbocycles. The van der Waals surface area contributed by atoms with Crippen molar-refractivity contribution in [1.29, 1.82) is 0 Å². The van der Waals surface area contributed by atoms with E-state index in [1.165, 1.54) is 0 Å². The lowest BCUT2D eigenvalue weighted by atomic mass is 10.2. The molecule has 96 valence electrons.